The Morgan fingerprint density at radius 1 is 0.714 bits per heavy atom. The van der Waals surface area contributed by atoms with E-state index in [1.807, 2.05) is 133 Å². The third kappa shape index (κ3) is 8.10. The maximum atomic E-state index is 13.3. The maximum Gasteiger partial charge on any atom is 0.0767 e. The maximum absolute atomic E-state index is 13.3. The molecule has 0 fully saturated rings. The molecule has 0 aliphatic rings. The molecule has 35 heavy (non-hydrogen) atoms. The SMILES string of the molecule is [CH3-].[Cl][Ru+3].[NH-]C(c1ccccc1)C([N-]S(=O)(=O)Cc1ccccc1-c1ccccc1)c1ccccc1. The van der Waals surface area contributed by atoms with Gasteiger partial charge in [-0.1, -0.05) is 126 Å². The number of nitrogens with one attached hydrogen (secondary N) is 1. The molecule has 0 amide bonds. The summed E-state index contributed by atoms with van der Waals surface area (Å²) in [7, 11) is 0.708. The molecule has 4 aromatic carbocycles. The molecule has 0 saturated heterocycles. The van der Waals surface area contributed by atoms with E-state index in [1.165, 1.54) is 0 Å². The minimum atomic E-state index is -3.86. The average molecular weight is 592 g/mol. The zero-order chi connectivity index (χ0) is 24.4. The van der Waals surface area contributed by atoms with Crippen LogP contribution >= 0.6 is 9.69 Å². The van der Waals surface area contributed by atoms with Gasteiger partial charge < -0.3 is 17.9 Å². The minimum Gasteiger partial charge on any atom is -0.672 e. The summed E-state index contributed by atoms with van der Waals surface area (Å²) >= 11 is 1.82. The smallest absolute Gasteiger partial charge is 0.0767 e. The molecule has 0 heterocycles. The third-order valence-electron chi connectivity index (χ3n) is 5.33. The van der Waals surface area contributed by atoms with E-state index in [1.54, 1.807) is 0 Å². The van der Waals surface area contributed by atoms with E-state index in [9.17, 15) is 8.42 Å². The van der Waals surface area contributed by atoms with Gasteiger partial charge in [-0.2, -0.15) is 0 Å². The second kappa shape index (κ2) is 14.3. The van der Waals surface area contributed by atoms with Crippen molar-refractivity contribution < 1.29 is 25.7 Å². The Morgan fingerprint density at radius 2 is 1.17 bits per heavy atom. The van der Waals surface area contributed by atoms with Crippen molar-refractivity contribution in [2.45, 2.75) is 17.8 Å². The predicted octanol–water partition coefficient (Wildman–Crippen LogP) is 8.23. The quantitative estimate of drug-likeness (QED) is 0.153. The van der Waals surface area contributed by atoms with Crippen LogP contribution in [0.1, 0.15) is 28.8 Å². The van der Waals surface area contributed by atoms with Gasteiger partial charge in [-0.3, -0.25) is 0 Å². The van der Waals surface area contributed by atoms with Crippen LogP contribution in [0.2, 0.25) is 0 Å². The van der Waals surface area contributed by atoms with Crippen molar-refractivity contribution in [1.82, 2.24) is 0 Å². The van der Waals surface area contributed by atoms with E-state index < -0.39 is 22.1 Å². The Morgan fingerprint density at radius 3 is 1.74 bits per heavy atom. The van der Waals surface area contributed by atoms with Gasteiger partial charge in [-0.05, 0) is 16.7 Å². The molecule has 0 aliphatic heterocycles. The molecule has 0 radical (unpaired) electrons. The molecule has 0 bridgehead atoms. The van der Waals surface area contributed by atoms with Crippen LogP contribution in [0.5, 0.6) is 0 Å². The average Bonchev–Trinajstić information content (AvgIpc) is 2.90. The molecule has 0 saturated carbocycles. The van der Waals surface area contributed by atoms with Gasteiger partial charge >= 0.3 is 27.0 Å². The van der Waals surface area contributed by atoms with Crippen molar-refractivity contribution >= 4 is 19.7 Å². The number of nitrogens with zero attached hydrogens (tertiary/aromatic N) is 1. The molecule has 4 nitrogen and oxygen atoms in total. The van der Waals surface area contributed by atoms with Gasteiger partial charge in [0.15, 0.2) is 0 Å². The monoisotopic (exact) mass is 592 g/mol. The molecule has 4 rings (SSSR count). The zero-order valence-corrected chi connectivity index (χ0v) is 22.5. The van der Waals surface area contributed by atoms with Crippen LogP contribution in [0.25, 0.3) is 21.6 Å². The molecule has 2 atom stereocenters. The number of benzene rings is 4. The fraction of sp³-hybridized carbons (Fsp3) is 0.107. The van der Waals surface area contributed by atoms with E-state index in [-0.39, 0.29) is 13.2 Å². The van der Waals surface area contributed by atoms with E-state index >= 15 is 0 Å². The fourth-order valence-corrected chi connectivity index (χ4v) is 5.07. The second-order valence-corrected chi connectivity index (χ2v) is 9.26. The van der Waals surface area contributed by atoms with Crippen LogP contribution in [0.3, 0.4) is 0 Å². The summed E-state index contributed by atoms with van der Waals surface area (Å²) in [6.07, 6.45) is 0. The summed E-state index contributed by atoms with van der Waals surface area (Å²) in [5.41, 5.74) is 12.7. The van der Waals surface area contributed by atoms with Gasteiger partial charge in [-0.15, -0.1) is 12.1 Å². The van der Waals surface area contributed by atoms with Gasteiger partial charge in [0.1, 0.15) is 0 Å². The number of hydrogen-bond donors (Lipinski definition) is 0. The van der Waals surface area contributed by atoms with Crippen LogP contribution in [0, 0.1) is 7.43 Å². The van der Waals surface area contributed by atoms with Crippen molar-refractivity contribution in [3.05, 3.63) is 150 Å². The molecule has 0 aromatic heterocycles. The molecule has 182 valence electrons. The molecular formula is C28H27ClN2O2RuS. The number of halogens is 1. The summed E-state index contributed by atoms with van der Waals surface area (Å²) in [6.45, 7) is 0. The summed E-state index contributed by atoms with van der Waals surface area (Å²) < 4.78 is 30.8. The first kappa shape index (κ1) is 28.9. The van der Waals surface area contributed by atoms with Crippen LogP contribution in [0.4, 0.5) is 0 Å². The number of rotatable bonds is 8. The third-order valence-corrected chi connectivity index (χ3v) is 6.55. The van der Waals surface area contributed by atoms with Crippen molar-refractivity contribution in [2.24, 2.45) is 0 Å². The van der Waals surface area contributed by atoms with E-state index in [0.717, 1.165) is 16.7 Å². The second-order valence-electron chi connectivity index (χ2n) is 7.60. The van der Waals surface area contributed by atoms with E-state index in [2.05, 4.69) is 14.4 Å². The van der Waals surface area contributed by atoms with Gasteiger partial charge in [-0.25, -0.2) is 8.42 Å². The fourth-order valence-electron chi connectivity index (χ4n) is 3.76. The largest absolute Gasteiger partial charge is 0.672 e. The normalized spacial score (nSPS) is 12.4. The molecule has 2 unspecified atom stereocenters. The van der Waals surface area contributed by atoms with Gasteiger partial charge in [0.25, 0.3) is 0 Å². The van der Waals surface area contributed by atoms with Gasteiger partial charge in [0.05, 0.1) is 15.8 Å². The molecule has 7 heteroatoms. The first-order valence-corrected chi connectivity index (χ1v) is 14.4. The van der Waals surface area contributed by atoms with E-state index in [0.29, 0.717) is 11.1 Å². The van der Waals surface area contributed by atoms with E-state index in [4.69, 9.17) is 5.73 Å². The summed E-state index contributed by atoms with van der Waals surface area (Å²) in [5, 5.41) is 0. The molecule has 4 aromatic rings. The molecule has 1 N–H and O–H groups in total. The van der Waals surface area contributed by atoms with Crippen molar-refractivity contribution in [2.75, 3.05) is 0 Å². The molecule has 0 spiro atoms. The Kier molecular flexibility index (Phi) is 11.8. The Hall–Kier alpha value is -2.34. The zero-order valence-electron chi connectivity index (χ0n) is 19.2. The number of hydrogen-bond acceptors (Lipinski definition) is 2. The standard InChI is InChI=1S/C27H24N2O2S.CH3.ClH.Ru/c28-26(22-14-6-2-7-15-22)27(23-16-8-3-9-17-23)29-32(30,31)20-24-18-10-11-19-25(24)21-12-4-1-5-13-21;;;/h1-19,26-28H,20H2;1H3;1H;/q-2;-1;;+4/p-1. The van der Waals surface area contributed by atoms with Crippen LogP contribution in [0.15, 0.2) is 115 Å². The summed E-state index contributed by atoms with van der Waals surface area (Å²) in [6, 6.07) is 34.0. The van der Waals surface area contributed by atoms with Crippen molar-refractivity contribution in [1.29, 1.82) is 0 Å². The van der Waals surface area contributed by atoms with Gasteiger partial charge in [0.2, 0.25) is 0 Å². The summed E-state index contributed by atoms with van der Waals surface area (Å²) in [5.74, 6) is -0.219. The predicted molar refractivity (Wildman–Crippen MR) is 143 cm³/mol. The summed E-state index contributed by atoms with van der Waals surface area (Å²) in [4.78, 5) is 0. The Bertz CT molecular complexity index is 1260. The first-order chi connectivity index (χ1) is 16.5. The Balaban J connectivity index is 0.00000140. The Labute approximate surface area is 223 Å². The topological polar surface area (TPSA) is 72.0 Å². The van der Waals surface area contributed by atoms with Crippen LogP contribution in [-0.4, -0.2) is 8.42 Å². The van der Waals surface area contributed by atoms with Gasteiger partial charge in [0, 0.05) is 0 Å². The van der Waals surface area contributed by atoms with Crippen LogP contribution < -0.4 is 0 Å². The van der Waals surface area contributed by atoms with Crippen molar-refractivity contribution in [3.8, 4) is 11.1 Å². The molecular weight excluding hydrogens is 565 g/mol. The first-order valence-electron chi connectivity index (χ1n) is 10.6. The minimum absolute atomic E-state index is 0. The number of sulfonamides is 1. The van der Waals surface area contributed by atoms with Crippen molar-refractivity contribution in [3.63, 3.8) is 0 Å². The molecule has 0 aliphatic carbocycles. The van der Waals surface area contributed by atoms with Crippen LogP contribution in [-0.2, 0) is 33.1 Å².